The molecule has 0 N–H and O–H groups in total. The van der Waals surface area contributed by atoms with Crippen LogP contribution in [0.15, 0.2) is 12.1 Å². The molecule has 0 unspecified atom stereocenters. The molecule has 1 aromatic rings. The second-order valence-electron chi connectivity index (χ2n) is 5.95. The molecule has 0 aliphatic heterocycles. The second-order valence-corrected chi connectivity index (χ2v) is 5.95. The van der Waals surface area contributed by atoms with Crippen molar-refractivity contribution < 1.29 is 19.0 Å². The fourth-order valence-corrected chi connectivity index (χ4v) is 1.96. The van der Waals surface area contributed by atoms with Gasteiger partial charge in [-0.1, -0.05) is 13.8 Å². The monoisotopic (exact) mass is 280 g/mol. The van der Waals surface area contributed by atoms with E-state index in [-0.39, 0.29) is 11.9 Å². The molecule has 0 heterocycles. The molecular formula is C16H24O4. The van der Waals surface area contributed by atoms with E-state index in [2.05, 4.69) is 0 Å². The minimum atomic E-state index is -0.533. The van der Waals surface area contributed by atoms with Gasteiger partial charge in [-0.25, -0.2) is 4.79 Å². The third-order valence-electron chi connectivity index (χ3n) is 2.76. The van der Waals surface area contributed by atoms with Crippen LogP contribution in [-0.2, 0) is 4.74 Å². The standard InChI is InChI=1S/C16H24O4/c1-10(2)14-12(18-6)8-11(9-13(14)19-7)15(17)20-16(3,4)5/h8-10H,1-7H3. The molecule has 20 heavy (non-hydrogen) atoms. The molecule has 0 radical (unpaired) electrons. The highest BCUT2D eigenvalue weighted by atomic mass is 16.6. The van der Waals surface area contributed by atoms with Crippen LogP contribution < -0.4 is 9.47 Å². The van der Waals surface area contributed by atoms with Gasteiger partial charge in [0.2, 0.25) is 0 Å². The number of hydrogen-bond acceptors (Lipinski definition) is 4. The molecule has 0 fully saturated rings. The Kier molecular flexibility index (Phi) is 5.03. The zero-order valence-corrected chi connectivity index (χ0v) is 13.4. The molecule has 0 saturated heterocycles. The van der Waals surface area contributed by atoms with Crippen molar-refractivity contribution in [1.29, 1.82) is 0 Å². The molecule has 4 nitrogen and oxygen atoms in total. The van der Waals surface area contributed by atoms with E-state index in [4.69, 9.17) is 14.2 Å². The summed E-state index contributed by atoms with van der Waals surface area (Å²) >= 11 is 0. The number of hydrogen-bond donors (Lipinski definition) is 0. The summed E-state index contributed by atoms with van der Waals surface area (Å²) in [6.07, 6.45) is 0. The van der Waals surface area contributed by atoms with Crippen molar-refractivity contribution >= 4 is 5.97 Å². The number of carbonyl (C=O) groups excluding carboxylic acids is 1. The van der Waals surface area contributed by atoms with Gasteiger partial charge in [-0.15, -0.1) is 0 Å². The van der Waals surface area contributed by atoms with Crippen LogP contribution in [-0.4, -0.2) is 25.8 Å². The van der Waals surface area contributed by atoms with Crippen molar-refractivity contribution in [3.05, 3.63) is 23.3 Å². The first-order chi connectivity index (χ1) is 9.19. The van der Waals surface area contributed by atoms with Crippen molar-refractivity contribution in [1.82, 2.24) is 0 Å². The zero-order valence-electron chi connectivity index (χ0n) is 13.4. The van der Waals surface area contributed by atoms with Gasteiger partial charge in [0.25, 0.3) is 0 Å². The highest BCUT2D eigenvalue weighted by molar-refractivity contribution is 5.91. The number of methoxy groups -OCH3 is 2. The Morgan fingerprint density at radius 1 is 1.05 bits per heavy atom. The number of carbonyl (C=O) groups is 1. The Balaban J connectivity index is 3.27. The highest BCUT2D eigenvalue weighted by Crippen LogP contribution is 2.36. The van der Waals surface area contributed by atoms with Crippen LogP contribution in [0.5, 0.6) is 11.5 Å². The molecule has 0 aliphatic carbocycles. The third kappa shape index (κ3) is 3.89. The van der Waals surface area contributed by atoms with E-state index in [1.54, 1.807) is 26.4 Å². The average molecular weight is 280 g/mol. The molecule has 1 aromatic carbocycles. The molecule has 0 bridgehead atoms. The molecule has 0 aliphatic rings. The summed E-state index contributed by atoms with van der Waals surface area (Å²) in [6, 6.07) is 3.40. The Labute approximate surface area is 121 Å². The predicted octanol–water partition coefficient (Wildman–Crippen LogP) is 3.78. The van der Waals surface area contributed by atoms with Crippen LogP contribution in [0.3, 0.4) is 0 Å². The predicted molar refractivity (Wildman–Crippen MR) is 78.8 cm³/mol. The van der Waals surface area contributed by atoms with Crippen molar-refractivity contribution in [3.63, 3.8) is 0 Å². The average Bonchev–Trinajstić information content (AvgIpc) is 2.34. The lowest BCUT2D eigenvalue weighted by Crippen LogP contribution is -2.24. The number of esters is 1. The van der Waals surface area contributed by atoms with Gasteiger partial charge in [0.1, 0.15) is 17.1 Å². The van der Waals surface area contributed by atoms with E-state index < -0.39 is 5.60 Å². The first kappa shape index (κ1) is 16.3. The minimum absolute atomic E-state index is 0.229. The fourth-order valence-electron chi connectivity index (χ4n) is 1.96. The van der Waals surface area contributed by atoms with Gasteiger partial charge in [0.05, 0.1) is 19.8 Å². The van der Waals surface area contributed by atoms with Gasteiger partial charge in [0.15, 0.2) is 0 Å². The van der Waals surface area contributed by atoms with Crippen molar-refractivity contribution in [3.8, 4) is 11.5 Å². The lowest BCUT2D eigenvalue weighted by atomic mass is 9.98. The molecular weight excluding hydrogens is 256 g/mol. The summed E-state index contributed by atoms with van der Waals surface area (Å²) in [4.78, 5) is 12.1. The molecule has 0 spiro atoms. The molecule has 0 saturated carbocycles. The maximum Gasteiger partial charge on any atom is 0.338 e. The van der Waals surface area contributed by atoms with Crippen molar-refractivity contribution in [2.24, 2.45) is 0 Å². The van der Waals surface area contributed by atoms with Crippen LogP contribution in [0.2, 0.25) is 0 Å². The van der Waals surface area contributed by atoms with E-state index in [0.29, 0.717) is 17.1 Å². The Morgan fingerprint density at radius 3 is 1.80 bits per heavy atom. The maximum atomic E-state index is 12.1. The van der Waals surface area contributed by atoms with Gasteiger partial charge in [-0.2, -0.15) is 0 Å². The van der Waals surface area contributed by atoms with Gasteiger partial charge < -0.3 is 14.2 Å². The topological polar surface area (TPSA) is 44.8 Å². The van der Waals surface area contributed by atoms with Gasteiger partial charge >= 0.3 is 5.97 Å². The summed E-state index contributed by atoms with van der Waals surface area (Å²) in [5, 5.41) is 0. The lowest BCUT2D eigenvalue weighted by molar-refractivity contribution is 0.00687. The van der Waals surface area contributed by atoms with E-state index >= 15 is 0 Å². The normalized spacial score (nSPS) is 11.4. The van der Waals surface area contributed by atoms with E-state index in [1.165, 1.54) is 0 Å². The van der Waals surface area contributed by atoms with Crippen LogP contribution in [0.4, 0.5) is 0 Å². The Hall–Kier alpha value is -1.71. The minimum Gasteiger partial charge on any atom is -0.496 e. The smallest absolute Gasteiger partial charge is 0.338 e. The summed E-state index contributed by atoms with van der Waals surface area (Å²) in [6.45, 7) is 9.60. The van der Waals surface area contributed by atoms with E-state index in [0.717, 1.165) is 5.56 Å². The first-order valence-electron chi connectivity index (χ1n) is 6.69. The number of rotatable bonds is 4. The van der Waals surface area contributed by atoms with Crippen LogP contribution >= 0.6 is 0 Å². The van der Waals surface area contributed by atoms with Crippen LogP contribution in [0.1, 0.15) is 56.5 Å². The molecule has 4 heteroatoms. The Bertz CT molecular complexity index is 459. The van der Waals surface area contributed by atoms with Crippen molar-refractivity contribution in [2.45, 2.75) is 46.1 Å². The maximum absolute atomic E-state index is 12.1. The molecule has 0 aromatic heterocycles. The van der Waals surface area contributed by atoms with E-state index in [1.807, 2.05) is 34.6 Å². The SMILES string of the molecule is COc1cc(C(=O)OC(C)(C)C)cc(OC)c1C(C)C. The largest absolute Gasteiger partial charge is 0.496 e. The number of benzene rings is 1. The second kappa shape index (κ2) is 6.16. The van der Waals surface area contributed by atoms with Gasteiger partial charge in [-0.05, 0) is 38.8 Å². The molecule has 0 atom stereocenters. The zero-order chi connectivity index (χ0) is 15.5. The van der Waals surface area contributed by atoms with Gasteiger partial charge in [-0.3, -0.25) is 0 Å². The Morgan fingerprint density at radius 2 is 1.50 bits per heavy atom. The quantitative estimate of drug-likeness (QED) is 0.787. The third-order valence-corrected chi connectivity index (χ3v) is 2.76. The van der Waals surface area contributed by atoms with Crippen LogP contribution in [0, 0.1) is 0 Å². The summed E-state index contributed by atoms with van der Waals surface area (Å²) in [5.74, 6) is 1.12. The van der Waals surface area contributed by atoms with Gasteiger partial charge in [0, 0.05) is 5.56 Å². The molecule has 1 rings (SSSR count). The number of ether oxygens (including phenoxy) is 3. The van der Waals surface area contributed by atoms with E-state index in [9.17, 15) is 4.79 Å². The van der Waals surface area contributed by atoms with Crippen molar-refractivity contribution in [2.75, 3.05) is 14.2 Å². The summed E-state index contributed by atoms with van der Waals surface area (Å²) < 4.78 is 16.1. The lowest BCUT2D eigenvalue weighted by Gasteiger charge is -2.21. The highest BCUT2D eigenvalue weighted by Gasteiger charge is 2.22. The molecule has 112 valence electrons. The fraction of sp³-hybridized carbons (Fsp3) is 0.562. The molecule has 0 amide bonds. The summed E-state index contributed by atoms with van der Waals surface area (Å²) in [7, 11) is 3.17. The van der Waals surface area contributed by atoms with Crippen LogP contribution in [0.25, 0.3) is 0 Å². The first-order valence-corrected chi connectivity index (χ1v) is 6.69. The summed E-state index contributed by atoms with van der Waals surface area (Å²) in [5.41, 5.74) is 0.842.